The van der Waals surface area contributed by atoms with Gasteiger partial charge in [-0.05, 0) is 37.3 Å². The van der Waals surface area contributed by atoms with E-state index in [2.05, 4.69) is 15.5 Å². The van der Waals surface area contributed by atoms with Crippen molar-refractivity contribution in [3.8, 4) is 0 Å². The molecule has 2 aromatic rings. The second kappa shape index (κ2) is 7.96. The van der Waals surface area contributed by atoms with Crippen molar-refractivity contribution < 1.29 is 18.7 Å². The summed E-state index contributed by atoms with van der Waals surface area (Å²) in [6.45, 7) is 4.96. The summed E-state index contributed by atoms with van der Waals surface area (Å²) in [6, 6.07) is 8.64. The number of carbonyl (C=O) groups excluding carboxylic acids is 2. The van der Waals surface area contributed by atoms with Crippen molar-refractivity contribution in [1.29, 1.82) is 0 Å². The molecule has 1 aromatic heterocycles. The molecule has 1 aromatic carbocycles. The summed E-state index contributed by atoms with van der Waals surface area (Å²) < 4.78 is 10.4. The van der Waals surface area contributed by atoms with Crippen LogP contribution in [-0.4, -0.2) is 49.6 Å². The molecule has 3 rings (SSSR count). The van der Waals surface area contributed by atoms with Gasteiger partial charge >= 0.3 is 0 Å². The monoisotopic (exact) mass is 343 g/mol. The fourth-order valence-corrected chi connectivity index (χ4v) is 2.62. The van der Waals surface area contributed by atoms with Crippen LogP contribution in [0.15, 0.2) is 41.0 Å². The first-order valence-corrected chi connectivity index (χ1v) is 8.17. The zero-order valence-electron chi connectivity index (χ0n) is 14.1. The first kappa shape index (κ1) is 17.2. The average molecular weight is 343 g/mol. The van der Waals surface area contributed by atoms with E-state index in [0.717, 1.165) is 13.1 Å². The van der Waals surface area contributed by atoms with E-state index in [9.17, 15) is 9.59 Å². The molecule has 0 atom stereocenters. The van der Waals surface area contributed by atoms with Gasteiger partial charge in [0.2, 0.25) is 5.91 Å². The van der Waals surface area contributed by atoms with Crippen LogP contribution in [0.25, 0.3) is 0 Å². The van der Waals surface area contributed by atoms with E-state index in [1.165, 1.54) is 6.26 Å². The lowest BCUT2D eigenvalue weighted by atomic mass is 10.2. The predicted octanol–water partition coefficient (Wildman–Crippen LogP) is 2.11. The molecule has 0 unspecified atom stereocenters. The van der Waals surface area contributed by atoms with Crippen LogP contribution in [0, 0.1) is 6.92 Å². The number of anilines is 2. The third kappa shape index (κ3) is 4.68. The molecular formula is C18H21N3O4. The van der Waals surface area contributed by atoms with Gasteiger partial charge in [0.1, 0.15) is 5.76 Å². The number of furan rings is 1. The summed E-state index contributed by atoms with van der Waals surface area (Å²) >= 11 is 0. The van der Waals surface area contributed by atoms with Gasteiger partial charge in [0.25, 0.3) is 5.91 Å². The Morgan fingerprint density at radius 2 is 1.68 bits per heavy atom. The third-order valence-corrected chi connectivity index (χ3v) is 4.00. The molecule has 0 spiro atoms. The molecule has 2 N–H and O–H groups in total. The van der Waals surface area contributed by atoms with E-state index in [1.807, 2.05) is 0 Å². The maximum atomic E-state index is 12.1. The lowest BCUT2D eigenvalue weighted by Gasteiger charge is -2.25. The van der Waals surface area contributed by atoms with Gasteiger partial charge in [-0.25, -0.2) is 0 Å². The second-order valence-electron chi connectivity index (χ2n) is 5.86. The Labute approximate surface area is 145 Å². The van der Waals surface area contributed by atoms with Gasteiger partial charge in [0, 0.05) is 24.5 Å². The molecule has 2 heterocycles. The minimum absolute atomic E-state index is 0.0623. The van der Waals surface area contributed by atoms with E-state index in [-0.39, 0.29) is 11.8 Å². The van der Waals surface area contributed by atoms with Crippen molar-refractivity contribution in [2.75, 3.05) is 43.5 Å². The maximum Gasteiger partial charge on any atom is 0.259 e. The van der Waals surface area contributed by atoms with Gasteiger partial charge in [0.05, 0.1) is 31.6 Å². The zero-order chi connectivity index (χ0) is 17.6. The van der Waals surface area contributed by atoms with Crippen molar-refractivity contribution in [1.82, 2.24) is 4.90 Å². The minimum Gasteiger partial charge on any atom is -0.469 e. The number of morpholine rings is 1. The molecule has 0 aliphatic carbocycles. The average Bonchev–Trinajstić information content (AvgIpc) is 3.03. The van der Waals surface area contributed by atoms with Crippen LogP contribution in [0.5, 0.6) is 0 Å². The molecule has 132 valence electrons. The summed E-state index contributed by atoms with van der Waals surface area (Å²) in [5.41, 5.74) is 1.84. The number of benzene rings is 1. The number of nitrogens with zero attached hydrogens (tertiary/aromatic N) is 1. The Morgan fingerprint density at radius 3 is 2.28 bits per heavy atom. The molecule has 0 bridgehead atoms. The van der Waals surface area contributed by atoms with Gasteiger partial charge in [-0.3, -0.25) is 14.5 Å². The van der Waals surface area contributed by atoms with Gasteiger partial charge in [-0.1, -0.05) is 0 Å². The molecule has 0 saturated carbocycles. The number of carbonyl (C=O) groups is 2. The van der Waals surface area contributed by atoms with Crippen LogP contribution >= 0.6 is 0 Å². The summed E-state index contributed by atoms with van der Waals surface area (Å²) in [5.74, 6) is 0.285. The number of ether oxygens (including phenoxy) is 1. The maximum absolute atomic E-state index is 12.1. The molecule has 1 aliphatic rings. The molecule has 25 heavy (non-hydrogen) atoms. The molecule has 1 saturated heterocycles. The topological polar surface area (TPSA) is 83.8 Å². The first-order chi connectivity index (χ1) is 12.1. The molecule has 1 fully saturated rings. The van der Waals surface area contributed by atoms with Gasteiger partial charge < -0.3 is 19.8 Å². The highest BCUT2D eigenvalue weighted by Gasteiger charge is 2.14. The Bertz CT molecular complexity index is 733. The van der Waals surface area contributed by atoms with Crippen molar-refractivity contribution in [3.63, 3.8) is 0 Å². The summed E-state index contributed by atoms with van der Waals surface area (Å²) in [4.78, 5) is 26.2. The van der Waals surface area contributed by atoms with Gasteiger partial charge in [-0.15, -0.1) is 0 Å². The summed E-state index contributed by atoms with van der Waals surface area (Å²) in [7, 11) is 0. The van der Waals surface area contributed by atoms with Crippen molar-refractivity contribution in [2.45, 2.75) is 6.92 Å². The van der Waals surface area contributed by atoms with Crippen molar-refractivity contribution in [3.05, 3.63) is 47.9 Å². The highest BCUT2D eigenvalue weighted by Crippen LogP contribution is 2.16. The van der Waals surface area contributed by atoms with E-state index >= 15 is 0 Å². The lowest BCUT2D eigenvalue weighted by molar-refractivity contribution is -0.118. The number of rotatable bonds is 5. The highest BCUT2D eigenvalue weighted by molar-refractivity contribution is 6.05. The molecular weight excluding hydrogens is 322 g/mol. The normalized spacial score (nSPS) is 14.9. The molecule has 1 aliphatic heterocycles. The number of hydrogen-bond donors (Lipinski definition) is 2. The van der Waals surface area contributed by atoms with Crippen LogP contribution < -0.4 is 10.6 Å². The standard InChI is InChI=1S/C18H21N3O4/c1-13-16(6-9-25-13)18(23)20-15-4-2-14(3-5-15)19-17(22)12-21-7-10-24-11-8-21/h2-6,9H,7-8,10-12H2,1H3,(H,19,22)(H,20,23). The van der Waals surface area contributed by atoms with E-state index in [0.29, 0.717) is 42.5 Å². The number of nitrogens with one attached hydrogen (secondary N) is 2. The second-order valence-corrected chi connectivity index (χ2v) is 5.86. The quantitative estimate of drug-likeness (QED) is 0.869. The van der Waals surface area contributed by atoms with Gasteiger partial charge in [-0.2, -0.15) is 0 Å². The minimum atomic E-state index is -0.227. The zero-order valence-corrected chi connectivity index (χ0v) is 14.1. The summed E-state index contributed by atoms with van der Waals surface area (Å²) in [5, 5.41) is 5.65. The van der Waals surface area contributed by atoms with Crippen LogP contribution in [0.2, 0.25) is 0 Å². The predicted molar refractivity (Wildman–Crippen MR) is 93.7 cm³/mol. The fraction of sp³-hybridized carbons (Fsp3) is 0.333. The molecule has 2 amide bonds. The number of aryl methyl sites for hydroxylation is 1. The Hall–Kier alpha value is -2.64. The van der Waals surface area contributed by atoms with Crippen molar-refractivity contribution >= 4 is 23.2 Å². The fourth-order valence-electron chi connectivity index (χ4n) is 2.62. The Balaban J connectivity index is 1.52. The smallest absolute Gasteiger partial charge is 0.259 e. The van der Waals surface area contributed by atoms with Gasteiger partial charge in [0.15, 0.2) is 0 Å². The SMILES string of the molecule is Cc1occc1C(=O)Nc1ccc(NC(=O)CN2CCOCC2)cc1. The van der Waals surface area contributed by atoms with Crippen LogP contribution in [0.1, 0.15) is 16.1 Å². The van der Waals surface area contributed by atoms with E-state index in [4.69, 9.17) is 9.15 Å². The van der Waals surface area contributed by atoms with Crippen LogP contribution in [0.4, 0.5) is 11.4 Å². The van der Waals surface area contributed by atoms with E-state index in [1.54, 1.807) is 37.3 Å². The van der Waals surface area contributed by atoms with Crippen LogP contribution in [-0.2, 0) is 9.53 Å². The largest absolute Gasteiger partial charge is 0.469 e. The third-order valence-electron chi connectivity index (χ3n) is 4.00. The number of amides is 2. The summed E-state index contributed by atoms with van der Waals surface area (Å²) in [6.07, 6.45) is 1.48. The van der Waals surface area contributed by atoms with Crippen LogP contribution in [0.3, 0.4) is 0 Å². The highest BCUT2D eigenvalue weighted by atomic mass is 16.5. The van der Waals surface area contributed by atoms with Crippen molar-refractivity contribution in [2.24, 2.45) is 0 Å². The molecule has 0 radical (unpaired) electrons. The number of hydrogen-bond acceptors (Lipinski definition) is 5. The molecule has 7 heteroatoms. The molecule has 7 nitrogen and oxygen atoms in total. The Morgan fingerprint density at radius 1 is 1.04 bits per heavy atom. The van der Waals surface area contributed by atoms with E-state index < -0.39 is 0 Å². The first-order valence-electron chi connectivity index (χ1n) is 8.17. The lowest BCUT2D eigenvalue weighted by Crippen LogP contribution is -2.41. The Kier molecular flexibility index (Phi) is 5.47.